The van der Waals surface area contributed by atoms with E-state index in [1.54, 1.807) is 23.0 Å². The van der Waals surface area contributed by atoms with Crippen molar-refractivity contribution in [2.45, 2.75) is 38.9 Å². The maximum Gasteiger partial charge on any atom is 0.514 e. The minimum atomic E-state index is -0.488. The van der Waals surface area contributed by atoms with E-state index in [2.05, 4.69) is 11.2 Å². The largest absolute Gasteiger partial charge is 0.514 e. The normalized spacial score (nSPS) is 19.1. The van der Waals surface area contributed by atoms with Crippen molar-refractivity contribution >= 4 is 12.7 Å². The van der Waals surface area contributed by atoms with E-state index in [0.29, 0.717) is 5.56 Å². The smallest absolute Gasteiger partial charge is 0.398 e. The molecular weight excluding hydrogens is 277 g/mol. The van der Waals surface area contributed by atoms with Gasteiger partial charge in [0.1, 0.15) is 0 Å². The standard InChI is InChI=1S/C16H18BN3O2/c1-15(2)16(3,4)22-17(21-15)14-8-9-19-20(14)13-7-5-6-12(10-13)11-18/h5-10H,1-4H3. The first-order chi connectivity index (χ1) is 10.3. The van der Waals surface area contributed by atoms with Gasteiger partial charge in [-0.05, 0) is 52.0 Å². The number of nitriles is 1. The minimum absolute atomic E-state index is 0.402. The third kappa shape index (κ3) is 2.33. The van der Waals surface area contributed by atoms with Crippen molar-refractivity contribution in [3.63, 3.8) is 0 Å². The lowest BCUT2D eigenvalue weighted by Crippen LogP contribution is -2.41. The molecule has 0 aliphatic carbocycles. The monoisotopic (exact) mass is 295 g/mol. The first-order valence-electron chi connectivity index (χ1n) is 7.24. The van der Waals surface area contributed by atoms with Crippen LogP contribution in [0, 0.1) is 11.3 Å². The highest BCUT2D eigenvalue weighted by atomic mass is 16.7. The van der Waals surface area contributed by atoms with E-state index in [9.17, 15) is 0 Å². The average molecular weight is 295 g/mol. The number of rotatable bonds is 2. The second kappa shape index (κ2) is 4.97. The lowest BCUT2D eigenvalue weighted by atomic mass is 9.84. The molecule has 1 fully saturated rings. The van der Waals surface area contributed by atoms with E-state index < -0.39 is 18.3 Å². The Balaban J connectivity index is 1.99. The molecule has 0 saturated carbocycles. The molecule has 0 bridgehead atoms. The lowest BCUT2D eigenvalue weighted by Gasteiger charge is -2.32. The van der Waals surface area contributed by atoms with Crippen LogP contribution in [0.1, 0.15) is 33.3 Å². The summed E-state index contributed by atoms with van der Waals surface area (Å²) in [6, 6.07) is 11.3. The highest BCUT2D eigenvalue weighted by Gasteiger charge is 2.52. The van der Waals surface area contributed by atoms with Crippen LogP contribution in [-0.4, -0.2) is 28.1 Å². The molecule has 0 spiro atoms. The second-order valence-corrected chi connectivity index (χ2v) is 6.42. The van der Waals surface area contributed by atoms with Gasteiger partial charge in [-0.2, -0.15) is 10.4 Å². The van der Waals surface area contributed by atoms with Gasteiger partial charge in [-0.1, -0.05) is 6.07 Å². The zero-order chi connectivity index (χ0) is 16.0. The quantitative estimate of drug-likeness (QED) is 0.796. The summed E-state index contributed by atoms with van der Waals surface area (Å²) < 4.78 is 13.9. The highest BCUT2D eigenvalue weighted by Crippen LogP contribution is 2.36. The van der Waals surface area contributed by atoms with Gasteiger partial charge in [-0.25, -0.2) is 4.68 Å². The topological polar surface area (TPSA) is 60.1 Å². The molecule has 0 radical (unpaired) electrons. The summed E-state index contributed by atoms with van der Waals surface area (Å²) in [5, 5.41) is 13.4. The van der Waals surface area contributed by atoms with Crippen LogP contribution in [0.25, 0.3) is 5.69 Å². The molecule has 1 aliphatic heterocycles. The number of nitrogens with zero attached hydrogens (tertiary/aromatic N) is 3. The summed E-state index contributed by atoms with van der Waals surface area (Å²) >= 11 is 0. The van der Waals surface area contributed by atoms with Gasteiger partial charge in [0.05, 0.1) is 34.1 Å². The zero-order valence-electron chi connectivity index (χ0n) is 13.2. The van der Waals surface area contributed by atoms with Crippen molar-refractivity contribution < 1.29 is 9.31 Å². The van der Waals surface area contributed by atoms with Gasteiger partial charge < -0.3 is 9.31 Å². The fourth-order valence-corrected chi connectivity index (χ4v) is 2.38. The van der Waals surface area contributed by atoms with Crippen LogP contribution >= 0.6 is 0 Å². The Kier molecular flexibility index (Phi) is 3.35. The van der Waals surface area contributed by atoms with Crippen LogP contribution in [0.2, 0.25) is 0 Å². The van der Waals surface area contributed by atoms with Gasteiger partial charge in [0.15, 0.2) is 0 Å². The van der Waals surface area contributed by atoms with Gasteiger partial charge in [-0.3, -0.25) is 0 Å². The predicted molar refractivity (Wildman–Crippen MR) is 84.0 cm³/mol. The third-order valence-corrected chi connectivity index (χ3v) is 4.39. The number of hydrogen-bond donors (Lipinski definition) is 0. The van der Waals surface area contributed by atoms with Crippen LogP contribution in [0.5, 0.6) is 0 Å². The van der Waals surface area contributed by atoms with Gasteiger partial charge >= 0.3 is 7.12 Å². The Morgan fingerprint density at radius 1 is 1.14 bits per heavy atom. The van der Waals surface area contributed by atoms with E-state index >= 15 is 0 Å². The second-order valence-electron chi connectivity index (χ2n) is 6.42. The Bertz CT molecular complexity index is 730. The van der Waals surface area contributed by atoms with Crippen LogP contribution < -0.4 is 5.59 Å². The van der Waals surface area contributed by atoms with Gasteiger partial charge in [0.2, 0.25) is 0 Å². The maximum atomic E-state index is 9.05. The van der Waals surface area contributed by atoms with Gasteiger partial charge in [-0.15, -0.1) is 0 Å². The Morgan fingerprint density at radius 3 is 2.45 bits per heavy atom. The number of aromatic nitrogens is 2. The molecule has 1 aromatic carbocycles. The van der Waals surface area contributed by atoms with Crippen LogP contribution in [0.15, 0.2) is 36.5 Å². The third-order valence-electron chi connectivity index (χ3n) is 4.39. The van der Waals surface area contributed by atoms with E-state index in [1.807, 2.05) is 45.9 Å². The molecule has 2 aromatic rings. The van der Waals surface area contributed by atoms with Crippen molar-refractivity contribution in [1.29, 1.82) is 5.26 Å². The van der Waals surface area contributed by atoms with Gasteiger partial charge in [0.25, 0.3) is 0 Å². The molecule has 1 aliphatic rings. The summed E-state index contributed by atoms with van der Waals surface area (Å²) in [5.74, 6) is 0. The Morgan fingerprint density at radius 2 is 1.82 bits per heavy atom. The molecule has 1 aromatic heterocycles. The summed E-state index contributed by atoms with van der Waals surface area (Å²) in [5.41, 5.74) is 1.41. The fraction of sp³-hybridized carbons (Fsp3) is 0.375. The van der Waals surface area contributed by atoms with Crippen molar-refractivity contribution in [3.8, 4) is 11.8 Å². The molecule has 3 rings (SSSR count). The average Bonchev–Trinajstić information content (AvgIpc) is 3.02. The van der Waals surface area contributed by atoms with Crippen LogP contribution in [0.3, 0.4) is 0 Å². The maximum absolute atomic E-state index is 9.05. The molecule has 22 heavy (non-hydrogen) atoms. The molecule has 0 amide bonds. The Labute approximate surface area is 130 Å². The van der Waals surface area contributed by atoms with E-state index in [-0.39, 0.29) is 0 Å². The molecule has 2 heterocycles. The predicted octanol–water partition coefficient (Wildman–Crippen LogP) is 2.04. The number of benzene rings is 1. The summed E-state index contributed by atoms with van der Waals surface area (Å²) in [7, 11) is -0.488. The fourth-order valence-electron chi connectivity index (χ4n) is 2.38. The van der Waals surface area contributed by atoms with E-state index in [1.165, 1.54) is 0 Å². The summed E-state index contributed by atoms with van der Waals surface area (Å²) in [6.07, 6.45) is 1.71. The molecule has 1 saturated heterocycles. The lowest BCUT2D eigenvalue weighted by molar-refractivity contribution is 0.00578. The van der Waals surface area contributed by atoms with Gasteiger partial charge in [0, 0.05) is 6.20 Å². The van der Waals surface area contributed by atoms with E-state index in [0.717, 1.165) is 11.3 Å². The Hall–Kier alpha value is -2.10. The first kappa shape index (κ1) is 14.8. The van der Waals surface area contributed by atoms with Crippen molar-refractivity contribution in [2.75, 3.05) is 0 Å². The van der Waals surface area contributed by atoms with Crippen LogP contribution in [0.4, 0.5) is 0 Å². The molecule has 0 N–H and O–H groups in total. The molecule has 6 heteroatoms. The zero-order valence-corrected chi connectivity index (χ0v) is 13.2. The SMILES string of the molecule is CC1(C)OB(c2ccnn2-c2cccc(C#N)c2)OC1(C)C. The molecule has 0 unspecified atom stereocenters. The first-order valence-corrected chi connectivity index (χ1v) is 7.24. The molecule has 5 nitrogen and oxygen atoms in total. The molecule has 112 valence electrons. The van der Waals surface area contributed by atoms with Crippen molar-refractivity contribution in [3.05, 3.63) is 42.1 Å². The number of hydrogen-bond acceptors (Lipinski definition) is 4. The molecular formula is C16H18BN3O2. The van der Waals surface area contributed by atoms with Crippen LogP contribution in [-0.2, 0) is 9.31 Å². The summed E-state index contributed by atoms with van der Waals surface area (Å²) in [4.78, 5) is 0. The highest BCUT2D eigenvalue weighted by molar-refractivity contribution is 6.61. The molecule has 0 atom stereocenters. The van der Waals surface area contributed by atoms with Crippen molar-refractivity contribution in [2.24, 2.45) is 0 Å². The van der Waals surface area contributed by atoms with Crippen molar-refractivity contribution in [1.82, 2.24) is 9.78 Å². The minimum Gasteiger partial charge on any atom is -0.398 e. The summed E-state index contributed by atoms with van der Waals surface area (Å²) in [6.45, 7) is 8.07. The van der Waals surface area contributed by atoms with E-state index in [4.69, 9.17) is 14.6 Å².